The van der Waals surface area contributed by atoms with Gasteiger partial charge >= 0.3 is 0 Å². The molecule has 1 atom stereocenters. The fourth-order valence-electron chi connectivity index (χ4n) is 2.47. The van der Waals surface area contributed by atoms with Crippen molar-refractivity contribution in [1.29, 1.82) is 0 Å². The van der Waals surface area contributed by atoms with Gasteiger partial charge in [0.25, 0.3) is 0 Å². The van der Waals surface area contributed by atoms with Gasteiger partial charge in [0, 0.05) is 10.2 Å². The molecule has 0 rings (SSSR count). The van der Waals surface area contributed by atoms with E-state index in [2.05, 4.69) is 38.8 Å². The highest BCUT2D eigenvalue weighted by molar-refractivity contribution is 9.10. The maximum absolute atomic E-state index is 3.74. The zero-order chi connectivity index (χ0) is 14.2. The average Bonchev–Trinajstić information content (AvgIpc) is 2.40. The first-order valence-corrected chi connectivity index (χ1v) is 10.5. The lowest BCUT2D eigenvalue weighted by Crippen LogP contribution is -1.97. The SMILES string of the molecule is CCCCCCCCCCCCCCC(Br)CCBr.N. The molecule has 20 heavy (non-hydrogen) atoms. The average molecular weight is 415 g/mol. The third-order valence-electron chi connectivity index (χ3n) is 3.79. The van der Waals surface area contributed by atoms with E-state index in [1.807, 2.05) is 0 Å². The minimum Gasteiger partial charge on any atom is -0.344 e. The van der Waals surface area contributed by atoms with Gasteiger partial charge in [-0.3, -0.25) is 0 Å². The minimum absolute atomic E-state index is 0. The largest absolute Gasteiger partial charge is 0.344 e. The van der Waals surface area contributed by atoms with Gasteiger partial charge in [-0.1, -0.05) is 116 Å². The molecular formula is C17H37Br2N. The monoisotopic (exact) mass is 413 g/mol. The molecule has 0 aromatic carbocycles. The minimum atomic E-state index is 0. The van der Waals surface area contributed by atoms with Crippen LogP contribution in [0.15, 0.2) is 0 Å². The van der Waals surface area contributed by atoms with Gasteiger partial charge in [-0.2, -0.15) is 0 Å². The summed E-state index contributed by atoms with van der Waals surface area (Å²) in [4.78, 5) is 0.731. The number of halogens is 2. The van der Waals surface area contributed by atoms with Gasteiger partial charge in [0.1, 0.15) is 0 Å². The first kappa shape index (κ1) is 23.2. The Balaban J connectivity index is 0. The van der Waals surface area contributed by atoms with Crippen molar-refractivity contribution in [3.8, 4) is 0 Å². The summed E-state index contributed by atoms with van der Waals surface area (Å²) in [5.74, 6) is 0. The summed E-state index contributed by atoms with van der Waals surface area (Å²) in [7, 11) is 0. The molecule has 0 bridgehead atoms. The maximum Gasteiger partial charge on any atom is 0.0153 e. The van der Waals surface area contributed by atoms with Crippen LogP contribution in [0.5, 0.6) is 0 Å². The van der Waals surface area contributed by atoms with Crippen molar-refractivity contribution in [2.24, 2.45) is 0 Å². The number of unbranched alkanes of at least 4 members (excludes halogenated alkanes) is 11. The van der Waals surface area contributed by atoms with E-state index in [0.717, 1.165) is 10.2 Å². The maximum atomic E-state index is 3.74. The topological polar surface area (TPSA) is 35.0 Å². The highest BCUT2D eigenvalue weighted by Gasteiger charge is 2.02. The summed E-state index contributed by atoms with van der Waals surface area (Å²) in [5, 5.41) is 1.13. The lowest BCUT2D eigenvalue weighted by atomic mass is 10.0. The molecule has 0 aromatic heterocycles. The Labute approximate surface area is 144 Å². The zero-order valence-corrected chi connectivity index (χ0v) is 16.8. The van der Waals surface area contributed by atoms with E-state index in [0.29, 0.717) is 0 Å². The Kier molecular flexibility index (Phi) is 23.1. The second kappa shape index (κ2) is 19.9. The van der Waals surface area contributed by atoms with Crippen LogP contribution >= 0.6 is 31.9 Å². The van der Waals surface area contributed by atoms with Crippen LogP contribution in [0.1, 0.15) is 96.8 Å². The summed E-state index contributed by atoms with van der Waals surface area (Å²) in [6, 6.07) is 0. The predicted octanol–water partition coefficient (Wildman–Crippen LogP) is 7.79. The normalized spacial score (nSPS) is 12.2. The van der Waals surface area contributed by atoms with Crippen LogP contribution in [-0.2, 0) is 0 Å². The molecule has 0 radical (unpaired) electrons. The fraction of sp³-hybridized carbons (Fsp3) is 1.00. The molecule has 0 aromatic rings. The van der Waals surface area contributed by atoms with E-state index in [1.165, 1.54) is 89.9 Å². The van der Waals surface area contributed by atoms with Crippen molar-refractivity contribution in [3.63, 3.8) is 0 Å². The molecule has 0 amide bonds. The van der Waals surface area contributed by atoms with E-state index in [9.17, 15) is 0 Å². The van der Waals surface area contributed by atoms with Crippen LogP contribution in [-0.4, -0.2) is 10.2 Å². The molecule has 0 aliphatic heterocycles. The summed E-state index contributed by atoms with van der Waals surface area (Å²) < 4.78 is 0. The molecule has 0 heterocycles. The van der Waals surface area contributed by atoms with Gasteiger partial charge in [0.2, 0.25) is 0 Å². The summed E-state index contributed by atoms with van der Waals surface area (Å²) in [5.41, 5.74) is 0. The number of alkyl halides is 2. The van der Waals surface area contributed by atoms with E-state index in [4.69, 9.17) is 0 Å². The molecule has 1 unspecified atom stereocenters. The van der Waals surface area contributed by atoms with Gasteiger partial charge in [0.05, 0.1) is 0 Å². The van der Waals surface area contributed by atoms with Crippen molar-refractivity contribution in [1.82, 2.24) is 6.15 Å². The van der Waals surface area contributed by atoms with E-state index < -0.39 is 0 Å². The standard InChI is InChI=1S/C17H34Br2.H3N/c1-2-3-4-5-6-7-8-9-10-11-12-13-14-17(19)15-16-18;/h17H,2-16H2,1H3;1H3. The molecule has 0 saturated heterocycles. The Morgan fingerprint density at radius 1 is 0.650 bits per heavy atom. The molecule has 3 heteroatoms. The van der Waals surface area contributed by atoms with Crippen LogP contribution in [0, 0.1) is 0 Å². The summed E-state index contributed by atoms with van der Waals surface area (Å²) >= 11 is 7.23. The molecule has 0 spiro atoms. The molecular weight excluding hydrogens is 378 g/mol. The van der Waals surface area contributed by atoms with Crippen molar-refractivity contribution in [3.05, 3.63) is 0 Å². The Morgan fingerprint density at radius 2 is 1.05 bits per heavy atom. The van der Waals surface area contributed by atoms with Gasteiger partial charge < -0.3 is 6.15 Å². The first-order chi connectivity index (χ1) is 9.31. The first-order valence-electron chi connectivity index (χ1n) is 8.51. The van der Waals surface area contributed by atoms with Gasteiger partial charge in [-0.25, -0.2) is 0 Å². The van der Waals surface area contributed by atoms with Crippen LogP contribution in [0.2, 0.25) is 0 Å². The molecule has 0 fully saturated rings. The molecule has 124 valence electrons. The number of hydrogen-bond donors (Lipinski definition) is 1. The van der Waals surface area contributed by atoms with Crippen LogP contribution in [0.3, 0.4) is 0 Å². The Bertz CT molecular complexity index is 165. The zero-order valence-electron chi connectivity index (χ0n) is 13.6. The van der Waals surface area contributed by atoms with E-state index in [-0.39, 0.29) is 6.15 Å². The van der Waals surface area contributed by atoms with Crippen molar-refractivity contribution in [2.75, 3.05) is 5.33 Å². The molecule has 3 N–H and O–H groups in total. The highest BCUT2D eigenvalue weighted by Crippen LogP contribution is 2.17. The van der Waals surface area contributed by atoms with Gasteiger partial charge in [0.15, 0.2) is 0 Å². The molecule has 0 saturated carbocycles. The highest BCUT2D eigenvalue weighted by atomic mass is 79.9. The predicted molar refractivity (Wildman–Crippen MR) is 102 cm³/mol. The second-order valence-corrected chi connectivity index (χ2v) is 7.84. The third-order valence-corrected chi connectivity index (χ3v) is 5.17. The molecule has 0 aliphatic carbocycles. The second-order valence-electron chi connectivity index (χ2n) is 5.75. The summed E-state index contributed by atoms with van der Waals surface area (Å²) in [6.07, 6.45) is 20.0. The third kappa shape index (κ3) is 18.9. The smallest absolute Gasteiger partial charge is 0.0153 e. The Hall–Kier alpha value is 0.920. The number of hydrogen-bond acceptors (Lipinski definition) is 1. The van der Waals surface area contributed by atoms with Crippen LogP contribution in [0.4, 0.5) is 0 Å². The summed E-state index contributed by atoms with van der Waals surface area (Å²) in [6.45, 7) is 2.29. The van der Waals surface area contributed by atoms with Crippen molar-refractivity contribution >= 4 is 31.9 Å². The number of rotatable bonds is 15. The molecule has 1 nitrogen and oxygen atoms in total. The van der Waals surface area contributed by atoms with Crippen molar-refractivity contribution < 1.29 is 0 Å². The van der Waals surface area contributed by atoms with Crippen LogP contribution < -0.4 is 6.15 Å². The van der Waals surface area contributed by atoms with Gasteiger partial charge in [-0.05, 0) is 12.8 Å². The Morgan fingerprint density at radius 3 is 1.45 bits per heavy atom. The van der Waals surface area contributed by atoms with E-state index >= 15 is 0 Å². The van der Waals surface area contributed by atoms with Gasteiger partial charge in [-0.15, -0.1) is 0 Å². The van der Waals surface area contributed by atoms with Crippen LogP contribution in [0.25, 0.3) is 0 Å². The lowest BCUT2D eigenvalue weighted by molar-refractivity contribution is 0.537. The quantitative estimate of drug-likeness (QED) is 0.215. The van der Waals surface area contributed by atoms with E-state index in [1.54, 1.807) is 0 Å². The molecule has 0 aliphatic rings. The fourth-order valence-corrected chi connectivity index (χ4v) is 4.19. The lowest BCUT2D eigenvalue weighted by Gasteiger charge is -2.07. The van der Waals surface area contributed by atoms with Crippen molar-refractivity contribution in [2.45, 2.75) is 102 Å².